The average Bonchev–Trinajstić information content (AvgIpc) is 1.66. The second-order valence-electron chi connectivity index (χ2n) is 33.7. The maximum atomic E-state index is 4.99. The fraction of sp³-hybridized carbons (Fsp3) is 0.463. The van der Waals surface area contributed by atoms with Crippen molar-refractivity contribution in [2.24, 2.45) is 16.7 Å². The lowest BCUT2D eigenvalue weighted by Gasteiger charge is -2.48. The second kappa shape index (κ2) is 20.0. The van der Waals surface area contributed by atoms with E-state index < -0.39 is 0 Å². The van der Waals surface area contributed by atoms with Crippen LogP contribution in [-0.4, -0.2) is 6.71 Å². The molecule has 2 atom stereocenters. The highest BCUT2D eigenvalue weighted by atomic mass is 32.1. The first-order chi connectivity index (χ1) is 40.6. The van der Waals surface area contributed by atoms with Crippen LogP contribution in [0.15, 0.2) is 133 Å². The number of benzene rings is 6. The van der Waals surface area contributed by atoms with Crippen molar-refractivity contribution in [2.75, 3.05) is 14.7 Å². The van der Waals surface area contributed by atoms with Crippen LogP contribution in [0.1, 0.15) is 238 Å². The van der Waals surface area contributed by atoms with Gasteiger partial charge in [-0.05, 0) is 247 Å². The van der Waals surface area contributed by atoms with Crippen LogP contribution >= 0.6 is 11.3 Å². The Morgan fingerprint density at radius 1 is 0.529 bits per heavy atom. The van der Waals surface area contributed by atoms with Gasteiger partial charge in [-0.15, -0.1) is 0 Å². The lowest BCUT2D eigenvalue weighted by molar-refractivity contribution is 0.262. The summed E-state index contributed by atoms with van der Waals surface area (Å²) >= 11 is 2.04. The maximum absolute atomic E-state index is 4.99. The summed E-state index contributed by atoms with van der Waals surface area (Å²) in [6.45, 7) is 54.1. The summed E-state index contributed by atoms with van der Waals surface area (Å²) in [5.74, 6) is 1.09. The van der Waals surface area contributed by atoms with Crippen LogP contribution in [0, 0.1) is 23.7 Å². The summed E-state index contributed by atoms with van der Waals surface area (Å²) in [5, 5.41) is 0. The largest absolute Gasteiger partial charge is 0.311 e. The van der Waals surface area contributed by atoms with Crippen molar-refractivity contribution < 1.29 is 0 Å². The van der Waals surface area contributed by atoms with Gasteiger partial charge in [0.15, 0.2) is 0 Å². The first kappa shape index (κ1) is 59.9. The van der Waals surface area contributed by atoms with E-state index in [1.807, 2.05) is 11.3 Å². The molecular weight excluding hydrogens is 1070 g/mol. The zero-order chi connectivity index (χ0) is 62.2. The number of para-hydroxylation sites is 1. The molecule has 0 N–H and O–H groups in total. The Labute approximate surface area is 529 Å². The molecular formula is C82H100BN3S. The normalized spacial score (nSPS) is 22.7. The molecule has 5 heteroatoms. The van der Waals surface area contributed by atoms with E-state index in [2.05, 4.69) is 275 Å². The Hall–Kier alpha value is -6.04. The van der Waals surface area contributed by atoms with E-state index in [1.165, 1.54) is 129 Å². The topological polar surface area (TPSA) is 9.72 Å². The highest BCUT2D eigenvalue weighted by Crippen LogP contribution is 2.58. The Morgan fingerprint density at radius 3 is 1.71 bits per heavy atom. The molecule has 2 aliphatic heterocycles. The number of nitrogens with zero attached hydrogens (tertiary/aromatic N) is 3. The molecule has 1 aromatic heterocycles. The monoisotopic (exact) mass is 1170 g/mol. The molecule has 3 nitrogen and oxygen atoms in total. The van der Waals surface area contributed by atoms with Gasteiger partial charge in [0, 0.05) is 55.0 Å². The minimum Gasteiger partial charge on any atom is -0.311 e. The van der Waals surface area contributed by atoms with E-state index >= 15 is 0 Å². The highest BCUT2D eigenvalue weighted by molar-refractivity contribution is 7.29. The molecule has 7 aromatic rings. The predicted octanol–water partition coefficient (Wildman–Crippen LogP) is 22.2. The van der Waals surface area contributed by atoms with Gasteiger partial charge < -0.3 is 14.7 Å². The van der Waals surface area contributed by atoms with Crippen molar-refractivity contribution in [1.29, 1.82) is 0 Å². The summed E-state index contributed by atoms with van der Waals surface area (Å²) in [6, 6.07) is 46.9. The summed E-state index contributed by atoms with van der Waals surface area (Å²) in [5.41, 5.74) is 28.2. The number of allylic oxidation sites excluding steroid dienone is 2. The first-order valence-corrected chi connectivity index (χ1v) is 34.2. The highest BCUT2D eigenvalue weighted by Gasteiger charge is 2.50. The van der Waals surface area contributed by atoms with Crippen LogP contribution in [0.3, 0.4) is 0 Å². The zero-order valence-electron chi connectivity index (χ0n) is 56.9. The van der Waals surface area contributed by atoms with Crippen molar-refractivity contribution in [2.45, 2.75) is 228 Å². The molecule has 0 spiro atoms. The number of thiophene rings is 1. The number of rotatable bonds is 6. The van der Waals surface area contributed by atoms with E-state index in [9.17, 15) is 0 Å². The molecule has 452 valence electrons. The molecule has 13 rings (SSSR count). The van der Waals surface area contributed by atoms with Crippen LogP contribution in [0.25, 0.3) is 6.08 Å². The van der Waals surface area contributed by atoms with Gasteiger partial charge in [0.05, 0.1) is 11.4 Å². The van der Waals surface area contributed by atoms with Crippen LogP contribution in [0.5, 0.6) is 0 Å². The SMILES string of the molecule is C=C1/C(=C\c2c(C)sc3c2N(c2ccc(C(C)(C)C)cc2)c2cc(N(c4ccccc4)c4ccc5c(c4)C(C)(C)CCC(C)C5C)cc4c2B3c2cc3c(cc2N4c2ccc4c(c2)C(C)(C)CCC4(C)C)C(C)(C)CCC3(C)C)C(C)(C)CCC1(C)C. The van der Waals surface area contributed by atoms with Crippen molar-refractivity contribution >= 4 is 91.0 Å². The molecule has 6 aliphatic rings. The van der Waals surface area contributed by atoms with Crippen molar-refractivity contribution in [1.82, 2.24) is 0 Å². The molecule has 0 saturated heterocycles. The number of anilines is 9. The molecule has 3 heterocycles. The fourth-order valence-electron chi connectivity index (χ4n) is 16.7. The molecule has 0 amide bonds. The maximum Gasteiger partial charge on any atom is 0.264 e. The Bertz CT molecular complexity index is 3980. The van der Waals surface area contributed by atoms with Crippen molar-refractivity contribution in [3.8, 4) is 0 Å². The van der Waals surface area contributed by atoms with Crippen LogP contribution in [0.2, 0.25) is 0 Å². The molecule has 0 radical (unpaired) electrons. The van der Waals surface area contributed by atoms with Crippen LogP contribution in [-0.2, 0) is 32.5 Å². The smallest absolute Gasteiger partial charge is 0.264 e. The van der Waals surface area contributed by atoms with E-state index in [4.69, 9.17) is 6.58 Å². The van der Waals surface area contributed by atoms with E-state index in [1.54, 1.807) is 0 Å². The lowest BCUT2D eigenvalue weighted by Crippen LogP contribution is -2.61. The third-order valence-electron chi connectivity index (χ3n) is 23.5. The van der Waals surface area contributed by atoms with Gasteiger partial charge in [-0.1, -0.05) is 187 Å². The number of hydrogen-bond acceptors (Lipinski definition) is 4. The van der Waals surface area contributed by atoms with E-state index in [0.29, 0.717) is 11.8 Å². The standard InChI is InChI=1S/C82H100BN3S/c1-50-35-36-77(10,11)64-43-57(31-33-60(64)51(50)2)84(55-25-23-22-24-26-55)59-45-70-72-71(46-59)86(56-29-27-54(28-30-56)75(5,6)7)73-61(47-63-52(3)76(8,9)37-38-79(63,14)15)53(4)87-74(73)83(72)68-48-66-67(82(20,21)42-41-81(66,18)19)49-69(68)85(70)58-32-34-62-65(44-58)80(16,17)40-39-78(62,12)13/h22-34,43-51H,3,35-42H2,1-2,4-21H3/b63-47+. The van der Waals surface area contributed by atoms with Gasteiger partial charge in [-0.25, -0.2) is 0 Å². The molecule has 0 bridgehead atoms. The molecule has 2 unspecified atom stereocenters. The Morgan fingerprint density at radius 2 is 1.08 bits per heavy atom. The zero-order valence-corrected chi connectivity index (χ0v) is 57.7. The van der Waals surface area contributed by atoms with Gasteiger partial charge in [0.1, 0.15) is 0 Å². The average molecular weight is 1170 g/mol. The van der Waals surface area contributed by atoms with Gasteiger partial charge >= 0.3 is 0 Å². The summed E-state index contributed by atoms with van der Waals surface area (Å²) in [6.07, 6.45) is 11.9. The Kier molecular flexibility index (Phi) is 13.8. The number of aryl methyl sites for hydroxylation is 1. The van der Waals surface area contributed by atoms with Crippen LogP contribution in [0.4, 0.5) is 51.2 Å². The molecule has 87 heavy (non-hydrogen) atoms. The molecule has 1 fully saturated rings. The van der Waals surface area contributed by atoms with E-state index in [0.717, 1.165) is 49.9 Å². The van der Waals surface area contributed by atoms with Crippen LogP contribution < -0.4 is 30.4 Å². The number of hydrogen-bond donors (Lipinski definition) is 0. The Balaban J connectivity index is 1.20. The summed E-state index contributed by atoms with van der Waals surface area (Å²) < 4.78 is 1.43. The third kappa shape index (κ3) is 9.60. The molecule has 6 aromatic carbocycles. The van der Waals surface area contributed by atoms with Gasteiger partial charge in [-0.2, -0.15) is 11.3 Å². The summed E-state index contributed by atoms with van der Waals surface area (Å²) in [7, 11) is 0. The van der Waals surface area contributed by atoms with Gasteiger partial charge in [0.2, 0.25) is 0 Å². The number of fused-ring (bicyclic) bond motifs is 7. The quantitative estimate of drug-likeness (QED) is 0.121. The third-order valence-corrected chi connectivity index (χ3v) is 24.7. The first-order valence-electron chi connectivity index (χ1n) is 33.4. The second-order valence-corrected chi connectivity index (χ2v) is 35.0. The predicted molar refractivity (Wildman–Crippen MR) is 381 cm³/mol. The van der Waals surface area contributed by atoms with Gasteiger partial charge in [-0.3, -0.25) is 0 Å². The van der Waals surface area contributed by atoms with Crippen molar-refractivity contribution in [3.63, 3.8) is 0 Å². The summed E-state index contributed by atoms with van der Waals surface area (Å²) in [4.78, 5) is 9.47. The minimum atomic E-state index is -0.0392. The van der Waals surface area contributed by atoms with Crippen molar-refractivity contribution in [3.05, 3.63) is 182 Å². The minimum absolute atomic E-state index is 0.000474. The molecule has 4 aliphatic carbocycles. The fourth-order valence-corrected chi connectivity index (χ4v) is 18.0. The molecule has 1 saturated carbocycles. The van der Waals surface area contributed by atoms with Gasteiger partial charge in [0.25, 0.3) is 6.71 Å². The van der Waals surface area contributed by atoms with E-state index in [-0.39, 0.29) is 50.0 Å². The lowest BCUT2D eigenvalue weighted by atomic mass is 9.35.